The SMILES string of the molecule is Cc1sc2[nH]c(=O)n(CCC(N)=O)c(=O)c2c1-c1ccc(Br)cc1. The molecule has 3 N–H and O–H groups in total. The molecule has 6 nitrogen and oxygen atoms in total. The van der Waals surface area contributed by atoms with E-state index in [9.17, 15) is 14.4 Å². The third kappa shape index (κ3) is 2.94. The summed E-state index contributed by atoms with van der Waals surface area (Å²) in [5.74, 6) is -0.559. The zero-order valence-electron chi connectivity index (χ0n) is 12.8. The van der Waals surface area contributed by atoms with Gasteiger partial charge in [-0.15, -0.1) is 11.3 Å². The minimum Gasteiger partial charge on any atom is -0.370 e. The van der Waals surface area contributed by atoms with Crippen LogP contribution in [-0.2, 0) is 11.3 Å². The quantitative estimate of drug-likeness (QED) is 0.694. The Balaban J connectivity index is 2.27. The first kappa shape index (κ1) is 16.7. The fourth-order valence-electron chi connectivity index (χ4n) is 2.62. The van der Waals surface area contributed by atoms with Crippen molar-refractivity contribution in [1.82, 2.24) is 9.55 Å². The van der Waals surface area contributed by atoms with E-state index in [0.29, 0.717) is 10.2 Å². The number of primary amides is 1. The normalized spacial score (nSPS) is 11.1. The molecule has 0 fully saturated rings. The third-order valence-electron chi connectivity index (χ3n) is 3.72. The first-order valence-electron chi connectivity index (χ1n) is 7.19. The minimum atomic E-state index is -0.559. The lowest BCUT2D eigenvalue weighted by molar-refractivity contribution is -0.118. The molecule has 3 rings (SSSR count). The number of hydrogen-bond acceptors (Lipinski definition) is 4. The molecule has 0 aliphatic rings. The molecule has 8 heteroatoms. The molecule has 124 valence electrons. The highest BCUT2D eigenvalue weighted by Gasteiger charge is 2.18. The van der Waals surface area contributed by atoms with Gasteiger partial charge in [0.1, 0.15) is 4.83 Å². The summed E-state index contributed by atoms with van der Waals surface area (Å²) >= 11 is 4.76. The van der Waals surface area contributed by atoms with Gasteiger partial charge in [-0.05, 0) is 24.6 Å². The van der Waals surface area contributed by atoms with Crippen molar-refractivity contribution in [2.75, 3.05) is 0 Å². The van der Waals surface area contributed by atoms with Crippen molar-refractivity contribution in [3.8, 4) is 11.1 Å². The van der Waals surface area contributed by atoms with Gasteiger partial charge in [-0.2, -0.15) is 0 Å². The zero-order valence-corrected chi connectivity index (χ0v) is 15.2. The lowest BCUT2D eigenvalue weighted by Gasteiger charge is -2.05. The molecule has 0 saturated carbocycles. The Morgan fingerprint density at radius 3 is 2.58 bits per heavy atom. The van der Waals surface area contributed by atoms with E-state index in [-0.39, 0.29) is 13.0 Å². The Hall–Kier alpha value is -2.19. The zero-order chi connectivity index (χ0) is 17.4. The molecule has 2 aromatic heterocycles. The van der Waals surface area contributed by atoms with Crippen molar-refractivity contribution in [2.45, 2.75) is 19.9 Å². The van der Waals surface area contributed by atoms with Gasteiger partial charge >= 0.3 is 5.69 Å². The summed E-state index contributed by atoms with van der Waals surface area (Å²) in [6.07, 6.45) is -0.0643. The number of fused-ring (bicyclic) bond motifs is 1. The molecule has 0 aliphatic carbocycles. The Bertz CT molecular complexity index is 1050. The van der Waals surface area contributed by atoms with Gasteiger partial charge in [-0.25, -0.2) is 4.79 Å². The van der Waals surface area contributed by atoms with E-state index >= 15 is 0 Å². The molecule has 3 aromatic rings. The summed E-state index contributed by atoms with van der Waals surface area (Å²) in [5, 5.41) is 0.462. The van der Waals surface area contributed by atoms with Gasteiger partial charge in [0.05, 0.1) is 5.39 Å². The molecule has 0 bridgehead atoms. The standard InChI is InChI=1S/C16H14BrN3O3S/c1-8-12(9-2-4-10(17)5-3-9)13-14(24-8)19-16(23)20(15(13)22)7-6-11(18)21/h2-5H,6-7H2,1H3,(H2,18,21)(H,19,23). The number of carbonyl (C=O) groups excluding carboxylic acids is 1. The summed E-state index contributed by atoms with van der Waals surface area (Å²) in [6.45, 7) is 1.88. The summed E-state index contributed by atoms with van der Waals surface area (Å²) < 4.78 is 1.97. The number of thiophene rings is 1. The van der Waals surface area contributed by atoms with Gasteiger partial charge in [-0.3, -0.25) is 19.1 Å². The van der Waals surface area contributed by atoms with Gasteiger partial charge in [0.2, 0.25) is 5.91 Å². The van der Waals surface area contributed by atoms with Crippen LogP contribution in [0.2, 0.25) is 0 Å². The predicted molar refractivity (Wildman–Crippen MR) is 98.4 cm³/mol. The van der Waals surface area contributed by atoms with E-state index in [0.717, 1.165) is 25.0 Å². The lowest BCUT2D eigenvalue weighted by atomic mass is 10.0. The van der Waals surface area contributed by atoms with Crippen LogP contribution < -0.4 is 17.0 Å². The van der Waals surface area contributed by atoms with Crippen molar-refractivity contribution in [1.29, 1.82) is 0 Å². The molecular formula is C16H14BrN3O3S. The molecule has 0 saturated heterocycles. The van der Waals surface area contributed by atoms with E-state index < -0.39 is 17.2 Å². The van der Waals surface area contributed by atoms with E-state index in [1.807, 2.05) is 31.2 Å². The number of hydrogen-bond donors (Lipinski definition) is 2. The number of aromatic amines is 1. The van der Waals surface area contributed by atoms with Crippen LogP contribution in [0, 0.1) is 6.92 Å². The Morgan fingerprint density at radius 1 is 1.29 bits per heavy atom. The number of aryl methyl sites for hydroxylation is 1. The molecule has 1 amide bonds. The molecule has 0 unspecified atom stereocenters. The van der Waals surface area contributed by atoms with Crippen LogP contribution in [0.25, 0.3) is 21.3 Å². The predicted octanol–water partition coefficient (Wildman–Crippen LogP) is 2.36. The number of halogens is 1. The molecule has 24 heavy (non-hydrogen) atoms. The fraction of sp³-hybridized carbons (Fsp3) is 0.188. The molecule has 0 radical (unpaired) electrons. The highest BCUT2D eigenvalue weighted by atomic mass is 79.9. The second kappa shape index (κ2) is 6.37. The van der Waals surface area contributed by atoms with Crippen LogP contribution in [0.3, 0.4) is 0 Å². The number of H-pyrrole nitrogens is 1. The number of benzene rings is 1. The third-order valence-corrected chi connectivity index (χ3v) is 5.27. The van der Waals surface area contributed by atoms with Gasteiger partial charge < -0.3 is 5.73 Å². The number of aromatic nitrogens is 2. The van der Waals surface area contributed by atoms with Crippen molar-refractivity contribution in [2.24, 2.45) is 5.73 Å². The first-order chi connectivity index (χ1) is 11.4. The maximum Gasteiger partial charge on any atom is 0.329 e. The van der Waals surface area contributed by atoms with Gasteiger partial charge in [0.15, 0.2) is 0 Å². The van der Waals surface area contributed by atoms with Crippen molar-refractivity contribution in [3.05, 3.63) is 54.5 Å². The Labute approximate surface area is 149 Å². The van der Waals surface area contributed by atoms with Crippen LogP contribution in [-0.4, -0.2) is 15.5 Å². The summed E-state index contributed by atoms with van der Waals surface area (Å²) in [6, 6.07) is 7.62. The Kier molecular flexibility index (Phi) is 4.42. The second-order valence-corrected chi connectivity index (χ2v) is 7.49. The molecule has 0 atom stereocenters. The lowest BCUT2D eigenvalue weighted by Crippen LogP contribution is -2.36. The number of amides is 1. The van der Waals surface area contributed by atoms with Crippen molar-refractivity contribution in [3.63, 3.8) is 0 Å². The van der Waals surface area contributed by atoms with Crippen LogP contribution >= 0.6 is 27.3 Å². The number of carbonyl (C=O) groups is 1. The number of rotatable bonds is 4. The van der Waals surface area contributed by atoms with Crippen molar-refractivity contribution >= 4 is 43.4 Å². The summed E-state index contributed by atoms with van der Waals surface area (Å²) in [5.41, 5.74) is 5.89. The van der Waals surface area contributed by atoms with Crippen molar-refractivity contribution < 1.29 is 4.79 Å². The van der Waals surface area contributed by atoms with Gasteiger partial charge in [-0.1, -0.05) is 28.1 Å². The van der Waals surface area contributed by atoms with E-state index in [1.165, 1.54) is 11.3 Å². The summed E-state index contributed by atoms with van der Waals surface area (Å²) in [7, 11) is 0. The highest BCUT2D eigenvalue weighted by Crippen LogP contribution is 2.35. The molecule has 0 aliphatic heterocycles. The Morgan fingerprint density at radius 2 is 1.96 bits per heavy atom. The smallest absolute Gasteiger partial charge is 0.329 e. The van der Waals surface area contributed by atoms with Gasteiger partial charge in [0.25, 0.3) is 5.56 Å². The number of nitrogens with one attached hydrogen (secondary N) is 1. The van der Waals surface area contributed by atoms with Crippen LogP contribution in [0.4, 0.5) is 0 Å². The maximum absolute atomic E-state index is 12.8. The van der Waals surface area contributed by atoms with Crippen LogP contribution in [0.5, 0.6) is 0 Å². The minimum absolute atomic E-state index is 0.0336. The van der Waals surface area contributed by atoms with E-state index in [4.69, 9.17) is 5.73 Å². The fourth-order valence-corrected chi connectivity index (χ4v) is 3.94. The molecule has 0 spiro atoms. The second-order valence-electron chi connectivity index (χ2n) is 5.35. The average Bonchev–Trinajstić information content (AvgIpc) is 2.83. The van der Waals surface area contributed by atoms with E-state index in [2.05, 4.69) is 20.9 Å². The van der Waals surface area contributed by atoms with E-state index in [1.54, 1.807) is 0 Å². The molecule has 2 heterocycles. The monoisotopic (exact) mass is 407 g/mol. The largest absolute Gasteiger partial charge is 0.370 e. The molecule has 1 aromatic carbocycles. The topological polar surface area (TPSA) is 97.9 Å². The number of nitrogens with zero attached hydrogens (tertiary/aromatic N) is 1. The first-order valence-corrected chi connectivity index (χ1v) is 8.80. The molecular weight excluding hydrogens is 394 g/mol. The van der Waals surface area contributed by atoms with Crippen LogP contribution in [0.15, 0.2) is 38.3 Å². The van der Waals surface area contributed by atoms with Crippen LogP contribution in [0.1, 0.15) is 11.3 Å². The number of nitrogens with two attached hydrogens (primary N) is 1. The average molecular weight is 408 g/mol. The summed E-state index contributed by atoms with van der Waals surface area (Å²) in [4.78, 5) is 40.1. The van der Waals surface area contributed by atoms with Gasteiger partial charge in [0, 0.05) is 27.9 Å². The highest BCUT2D eigenvalue weighted by molar-refractivity contribution is 9.10. The maximum atomic E-state index is 12.8.